The molecule has 1 aromatic carbocycles. The van der Waals surface area contributed by atoms with Gasteiger partial charge in [0, 0.05) is 42.4 Å². The lowest BCUT2D eigenvalue weighted by Gasteiger charge is -2.45. The van der Waals surface area contributed by atoms with Gasteiger partial charge in [0.15, 0.2) is 0 Å². The first-order valence-electron chi connectivity index (χ1n) is 11.2. The molecular formula is C25H30ClFN4O4. The van der Waals surface area contributed by atoms with E-state index in [9.17, 15) is 14.4 Å². The number of piperazine rings is 1. The normalized spacial score (nSPS) is 17.1. The van der Waals surface area contributed by atoms with Crippen LogP contribution in [0.5, 0.6) is 5.88 Å². The zero-order chi connectivity index (χ0) is 26.3. The molecule has 0 spiro atoms. The summed E-state index contributed by atoms with van der Waals surface area (Å²) in [5.41, 5.74) is 0.613. The van der Waals surface area contributed by atoms with Gasteiger partial charge in [0.1, 0.15) is 11.5 Å². The Balaban J connectivity index is 0.00000210. The molecule has 10 heteroatoms. The highest BCUT2D eigenvalue weighted by Gasteiger charge is 2.38. The second-order valence-electron chi connectivity index (χ2n) is 7.48. The molecule has 1 fully saturated rings. The first kappa shape index (κ1) is 27.8. The van der Waals surface area contributed by atoms with Crippen LogP contribution in [0, 0.1) is 5.82 Å². The molecule has 188 valence electrons. The highest BCUT2D eigenvalue weighted by Crippen LogP contribution is 2.38. The van der Waals surface area contributed by atoms with Crippen molar-refractivity contribution >= 4 is 29.8 Å². The van der Waals surface area contributed by atoms with Crippen molar-refractivity contribution < 1.29 is 23.5 Å². The topological polar surface area (TPSA) is 91.8 Å². The molecule has 2 heterocycles. The number of hydrogen-bond donors (Lipinski definition) is 1. The number of pyridine rings is 1. The van der Waals surface area contributed by atoms with Crippen molar-refractivity contribution in [3.8, 4) is 17.0 Å². The van der Waals surface area contributed by atoms with Gasteiger partial charge in [-0.3, -0.25) is 14.4 Å². The number of hydrogen-bond acceptors (Lipinski definition) is 5. The fourth-order valence-electron chi connectivity index (χ4n) is 4.04. The van der Waals surface area contributed by atoms with Crippen LogP contribution in [0.2, 0.25) is 5.02 Å². The molecule has 1 unspecified atom stereocenters. The summed E-state index contributed by atoms with van der Waals surface area (Å²) in [6.07, 6.45) is 1.82. The Morgan fingerprint density at radius 1 is 1.26 bits per heavy atom. The van der Waals surface area contributed by atoms with Crippen LogP contribution in [0.1, 0.15) is 42.9 Å². The molecule has 2 atom stereocenters. The molecule has 3 amide bonds. The third-order valence-corrected chi connectivity index (χ3v) is 5.88. The van der Waals surface area contributed by atoms with E-state index >= 15 is 4.39 Å². The van der Waals surface area contributed by atoms with Crippen LogP contribution >= 0.6 is 11.6 Å². The van der Waals surface area contributed by atoms with Gasteiger partial charge in [-0.05, 0) is 36.8 Å². The van der Waals surface area contributed by atoms with E-state index in [2.05, 4.69) is 16.9 Å². The van der Waals surface area contributed by atoms with Crippen LogP contribution in [0.15, 0.2) is 36.9 Å². The largest absolute Gasteiger partial charge is 0.481 e. The van der Waals surface area contributed by atoms with E-state index in [0.717, 1.165) is 0 Å². The summed E-state index contributed by atoms with van der Waals surface area (Å²) < 4.78 is 21.2. The van der Waals surface area contributed by atoms with E-state index in [0.29, 0.717) is 18.5 Å². The van der Waals surface area contributed by atoms with E-state index in [-0.39, 0.29) is 40.2 Å². The highest BCUT2D eigenvalue weighted by molar-refractivity contribution is 6.31. The lowest BCUT2D eigenvalue weighted by Crippen LogP contribution is -2.55. The zero-order valence-electron chi connectivity index (χ0n) is 20.5. The van der Waals surface area contributed by atoms with Gasteiger partial charge in [0.2, 0.25) is 18.2 Å². The molecule has 1 aliphatic heterocycles. The lowest BCUT2D eigenvalue weighted by molar-refractivity contribution is -0.137. The SMILES string of the molecule is C=CC(=O)N1CCN(C=O)C(c2cc(Cl)cc(-c3cc(OC)nc(C(=O)NC)c3)c2F)[C@H]1C.CC. The molecule has 1 aliphatic rings. The van der Waals surface area contributed by atoms with Crippen LogP contribution in [0.4, 0.5) is 4.39 Å². The number of methoxy groups -OCH3 is 1. The van der Waals surface area contributed by atoms with E-state index in [4.69, 9.17) is 16.3 Å². The Morgan fingerprint density at radius 3 is 2.51 bits per heavy atom. The average Bonchev–Trinajstić information content (AvgIpc) is 2.89. The minimum atomic E-state index is -0.778. The second-order valence-corrected chi connectivity index (χ2v) is 7.92. The van der Waals surface area contributed by atoms with Crippen molar-refractivity contribution in [2.24, 2.45) is 0 Å². The van der Waals surface area contributed by atoms with Gasteiger partial charge in [0.05, 0.1) is 19.2 Å². The number of ether oxygens (including phenoxy) is 1. The quantitative estimate of drug-likeness (QED) is 0.476. The molecule has 0 saturated carbocycles. The van der Waals surface area contributed by atoms with E-state index in [1.54, 1.807) is 6.92 Å². The molecular weight excluding hydrogens is 475 g/mol. The summed E-state index contributed by atoms with van der Waals surface area (Å²) in [5, 5.41) is 2.70. The van der Waals surface area contributed by atoms with Crippen molar-refractivity contribution in [3.63, 3.8) is 0 Å². The minimum Gasteiger partial charge on any atom is -0.481 e. The predicted molar refractivity (Wildman–Crippen MR) is 133 cm³/mol. The number of amides is 3. The Bertz CT molecular complexity index is 1110. The first-order chi connectivity index (χ1) is 16.7. The Morgan fingerprint density at radius 2 is 1.94 bits per heavy atom. The number of benzene rings is 1. The summed E-state index contributed by atoms with van der Waals surface area (Å²) in [5.74, 6) is -1.29. The summed E-state index contributed by atoms with van der Waals surface area (Å²) in [4.78, 5) is 43.3. The third kappa shape index (κ3) is 5.79. The Kier molecular flexibility index (Phi) is 9.77. The molecule has 8 nitrogen and oxygen atoms in total. The van der Waals surface area contributed by atoms with Crippen LogP contribution < -0.4 is 10.1 Å². The number of carbonyl (C=O) groups is 3. The molecule has 1 saturated heterocycles. The molecule has 35 heavy (non-hydrogen) atoms. The zero-order valence-corrected chi connectivity index (χ0v) is 21.2. The van der Waals surface area contributed by atoms with Crippen LogP contribution in [0.25, 0.3) is 11.1 Å². The van der Waals surface area contributed by atoms with Crippen molar-refractivity contribution in [1.82, 2.24) is 20.1 Å². The molecule has 2 aromatic rings. The summed E-state index contributed by atoms with van der Waals surface area (Å²) in [6, 6.07) is 4.46. The van der Waals surface area contributed by atoms with Crippen molar-refractivity contribution in [2.75, 3.05) is 27.2 Å². The third-order valence-electron chi connectivity index (χ3n) is 5.66. The summed E-state index contributed by atoms with van der Waals surface area (Å²) >= 11 is 6.36. The van der Waals surface area contributed by atoms with E-state index in [1.807, 2.05) is 13.8 Å². The standard InChI is InChI=1S/C23H24ClFN4O4.C2H6/c1-5-20(31)29-7-6-28(12-30)22(13(29)2)17-11-15(24)10-16(21(17)25)14-8-18(23(32)26-3)27-19(9-14)33-4;1-2/h5,8-13,22H,1,6-7H2,2-4H3,(H,26,32);1-2H3/t13-,22?;/m1./s1. The summed E-state index contributed by atoms with van der Waals surface area (Å²) in [6.45, 7) is 9.78. The molecule has 0 aliphatic carbocycles. The predicted octanol–water partition coefficient (Wildman–Crippen LogP) is 3.85. The van der Waals surface area contributed by atoms with E-state index < -0.39 is 23.8 Å². The van der Waals surface area contributed by atoms with Gasteiger partial charge in [-0.15, -0.1) is 0 Å². The Hall–Kier alpha value is -3.46. The van der Waals surface area contributed by atoms with Gasteiger partial charge < -0.3 is 19.9 Å². The van der Waals surface area contributed by atoms with Crippen molar-refractivity contribution in [3.05, 3.63) is 59.0 Å². The minimum absolute atomic E-state index is 0.0380. The number of aromatic nitrogens is 1. The van der Waals surface area contributed by atoms with E-state index in [1.165, 1.54) is 54.3 Å². The van der Waals surface area contributed by atoms with Gasteiger partial charge in [-0.1, -0.05) is 32.0 Å². The van der Waals surface area contributed by atoms with Gasteiger partial charge >= 0.3 is 0 Å². The first-order valence-corrected chi connectivity index (χ1v) is 11.5. The van der Waals surface area contributed by atoms with Crippen LogP contribution in [0.3, 0.4) is 0 Å². The lowest BCUT2D eigenvalue weighted by atomic mass is 9.91. The molecule has 3 rings (SSSR count). The second kappa shape index (κ2) is 12.3. The smallest absolute Gasteiger partial charge is 0.269 e. The maximum atomic E-state index is 16.0. The maximum Gasteiger partial charge on any atom is 0.269 e. The summed E-state index contributed by atoms with van der Waals surface area (Å²) in [7, 11) is 2.84. The molecule has 1 aromatic heterocycles. The van der Waals surface area contributed by atoms with Crippen LogP contribution in [-0.2, 0) is 9.59 Å². The fraction of sp³-hybridized carbons (Fsp3) is 0.360. The number of nitrogens with zero attached hydrogens (tertiary/aromatic N) is 3. The maximum absolute atomic E-state index is 16.0. The highest BCUT2D eigenvalue weighted by atomic mass is 35.5. The van der Waals surface area contributed by atoms with Crippen molar-refractivity contribution in [1.29, 1.82) is 0 Å². The Labute approximate surface area is 209 Å². The number of nitrogens with one attached hydrogen (secondary N) is 1. The van der Waals surface area contributed by atoms with Crippen LogP contribution in [-0.4, -0.2) is 66.3 Å². The van der Waals surface area contributed by atoms with Gasteiger partial charge in [-0.25, -0.2) is 9.37 Å². The number of halogens is 2. The molecule has 1 N–H and O–H groups in total. The fourth-order valence-corrected chi connectivity index (χ4v) is 4.27. The molecule has 0 radical (unpaired) electrons. The van der Waals surface area contributed by atoms with Gasteiger partial charge in [-0.2, -0.15) is 0 Å². The van der Waals surface area contributed by atoms with Gasteiger partial charge in [0.25, 0.3) is 5.91 Å². The number of carbonyl (C=O) groups excluding carboxylic acids is 3. The average molecular weight is 505 g/mol. The molecule has 0 bridgehead atoms. The monoisotopic (exact) mass is 504 g/mol. The number of rotatable bonds is 6. The van der Waals surface area contributed by atoms with Crippen molar-refractivity contribution in [2.45, 2.75) is 32.9 Å².